The Morgan fingerprint density at radius 1 is 1.06 bits per heavy atom. The highest BCUT2D eigenvalue weighted by Gasteiger charge is 2.61. The Kier molecular flexibility index (Phi) is 5.00. The Hall–Kier alpha value is -2.48. The summed E-state index contributed by atoms with van der Waals surface area (Å²) in [6.07, 6.45) is 4.71. The molecule has 3 amide bonds. The van der Waals surface area contributed by atoms with Crippen molar-refractivity contribution in [2.75, 3.05) is 6.54 Å². The Morgan fingerprint density at radius 2 is 1.74 bits per heavy atom. The molecule has 2 bridgehead atoms. The first-order valence-corrected chi connectivity index (χ1v) is 11.4. The molecule has 4 atom stereocenters. The van der Waals surface area contributed by atoms with Crippen LogP contribution in [0.25, 0.3) is 0 Å². The number of amides is 3. The lowest BCUT2D eigenvalue weighted by Gasteiger charge is -2.31. The molecule has 0 radical (unpaired) electrons. The summed E-state index contributed by atoms with van der Waals surface area (Å²) >= 11 is 13.4. The third kappa shape index (κ3) is 3.23. The number of allylic oxidation sites excluding steroid dienone is 2. The second kappa shape index (κ2) is 7.58. The zero-order valence-corrected chi connectivity index (χ0v) is 18.4. The Morgan fingerprint density at radius 3 is 2.32 bits per heavy atom. The highest BCUT2D eigenvalue weighted by atomic mass is 35.5. The van der Waals surface area contributed by atoms with Crippen LogP contribution >= 0.6 is 34.5 Å². The van der Waals surface area contributed by atoms with Crippen molar-refractivity contribution in [1.82, 2.24) is 10.0 Å². The standard InChI is InChI=1S/C22H16Cl2N2O4S/c23-13-5-6-14(15(24)9-13)20(28)25(10-16(27)17-2-1-7-31-17)26-21(29)18-11-3-4-12(8-11)19(18)22(26)30/h1-7,9,11-12,18-19H,8,10H2/t11-,12-,18-,19+/m0/s1. The number of rotatable bonds is 5. The van der Waals surface area contributed by atoms with Gasteiger partial charge in [-0.15, -0.1) is 11.3 Å². The summed E-state index contributed by atoms with van der Waals surface area (Å²) < 4.78 is 0. The predicted molar refractivity (Wildman–Crippen MR) is 116 cm³/mol. The lowest BCUT2D eigenvalue weighted by molar-refractivity contribution is -0.154. The van der Waals surface area contributed by atoms with Crippen LogP contribution in [0.15, 0.2) is 47.9 Å². The van der Waals surface area contributed by atoms with E-state index in [0.717, 1.165) is 16.4 Å². The Labute approximate surface area is 192 Å². The van der Waals surface area contributed by atoms with Gasteiger partial charge in [0.15, 0.2) is 5.78 Å². The number of hydrazine groups is 1. The largest absolute Gasteiger partial charge is 0.291 e. The number of hydrogen-bond acceptors (Lipinski definition) is 5. The predicted octanol–water partition coefficient (Wildman–Crippen LogP) is 4.10. The molecule has 5 rings (SSSR count). The molecule has 2 heterocycles. The van der Waals surface area contributed by atoms with Crippen molar-refractivity contribution in [3.8, 4) is 0 Å². The van der Waals surface area contributed by atoms with Crippen LogP contribution in [-0.2, 0) is 9.59 Å². The molecular formula is C22H16Cl2N2O4S. The fourth-order valence-corrected chi connectivity index (χ4v) is 5.96. The van der Waals surface area contributed by atoms with Crippen LogP contribution < -0.4 is 0 Å². The molecule has 1 aromatic carbocycles. The summed E-state index contributed by atoms with van der Waals surface area (Å²) in [6.45, 7) is -0.446. The molecule has 1 saturated carbocycles. The molecule has 158 valence electrons. The van der Waals surface area contributed by atoms with Gasteiger partial charge in [0.1, 0.15) is 6.54 Å². The molecule has 6 nitrogen and oxygen atoms in total. The Balaban J connectivity index is 1.52. The van der Waals surface area contributed by atoms with Gasteiger partial charge < -0.3 is 0 Å². The molecule has 3 aliphatic rings. The van der Waals surface area contributed by atoms with Gasteiger partial charge in [0.05, 0.1) is 27.3 Å². The van der Waals surface area contributed by atoms with Gasteiger partial charge in [0.2, 0.25) is 0 Å². The highest BCUT2D eigenvalue weighted by Crippen LogP contribution is 2.52. The number of carbonyl (C=O) groups excluding carboxylic acids is 4. The third-order valence-electron chi connectivity index (χ3n) is 6.17. The average Bonchev–Trinajstić information content (AvgIpc) is 3.51. The number of hydrogen-bond donors (Lipinski definition) is 0. The number of carbonyl (C=O) groups is 4. The molecule has 2 fully saturated rings. The van der Waals surface area contributed by atoms with E-state index in [-0.39, 0.29) is 28.2 Å². The number of thiophene rings is 1. The van der Waals surface area contributed by atoms with Crippen LogP contribution in [0.5, 0.6) is 0 Å². The first-order chi connectivity index (χ1) is 14.9. The molecule has 0 spiro atoms. The van der Waals surface area contributed by atoms with Gasteiger partial charge in [-0.05, 0) is 47.9 Å². The van der Waals surface area contributed by atoms with Crippen LogP contribution in [0.3, 0.4) is 0 Å². The number of Topliss-reactive ketones (excluding diaryl/α,β-unsaturated/α-hetero) is 1. The van der Waals surface area contributed by atoms with Crippen molar-refractivity contribution >= 4 is 58.0 Å². The maximum atomic E-state index is 13.4. The van der Waals surface area contributed by atoms with Gasteiger partial charge in [-0.3, -0.25) is 19.2 Å². The fourth-order valence-electron chi connectivity index (χ4n) is 4.81. The number of halogens is 2. The quantitative estimate of drug-likeness (QED) is 0.371. The molecule has 1 aliphatic heterocycles. The normalized spacial score (nSPS) is 25.9. The summed E-state index contributed by atoms with van der Waals surface area (Å²) in [5.74, 6) is -2.96. The van der Waals surface area contributed by atoms with Crippen LogP contribution in [0.2, 0.25) is 10.0 Å². The highest BCUT2D eigenvalue weighted by molar-refractivity contribution is 7.12. The summed E-state index contributed by atoms with van der Waals surface area (Å²) in [5, 5.41) is 3.98. The summed E-state index contributed by atoms with van der Waals surface area (Å²) in [5.41, 5.74) is 0.0591. The van der Waals surface area contributed by atoms with E-state index in [1.165, 1.54) is 29.5 Å². The molecule has 9 heteroatoms. The van der Waals surface area contributed by atoms with E-state index in [0.29, 0.717) is 9.90 Å². The smallest absolute Gasteiger partial charge is 0.274 e. The molecule has 0 N–H and O–H groups in total. The van der Waals surface area contributed by atoms with E-state index < -0.39 is 36.1 Å². The van der Waals surface area contributed by atoms with Crippen LogP contribution in [0.4, 0.5) is 0 Å². The molecule has 31 heavy (non-hydrogen) atoms. The lowest BCUT2D eigenvalue weighted by Crippen LogP contribution is -2.52. The number of ketones is 1. The van der Waals surface area contributed by atoms with E-state index in [1.54, 1.807) is 17.5 Å². The van der Waals surface area contributed by atoms with Crippen molar-refractivity contribution in [2.24, 2.45) is 23.7 Å². The van der Waals surface area contributed by atoms with Crippen LogP contribution in [-0.4, -0.2) is 40.1 Å². The van der Waals surface area contributed by atoms with E-state index in [1.807, 2.05) is 12.2 Å². The van der Waals surface area contributed by atoms with Crippen molar-refractivity contribution in [2.45, 2.75) is 6.42 Å². The maximum Gasteiger partial charge on any atom is 0.274 e. The van der Waals surface area contributed by atoms with E-state index >= 15 is 0 Å². The van der Waals surface area contributed by atoms with Crippen LogP contribution in [0, 0.1) is 23.7 Å². The average molecular weight is 475 g/mol. The van der Waals surface area contributed by atoms with Crippen molar-refractivity contribution in [3.63, 3.8) is 0 Å². The molecular weight excluding hydrogens is 459 g/mol. The van der Waals surface area contributed by atoms with E-state index in [2.05, 4.69) is 0 Å². The zero-order valence-electron chi connectivity index (χ0n) is 16.0. The van der Waals surface area contributed by atoms with Gasteiger partial charge in [0, 0.05) is 5.02 Å². The number of nitrogens with zero attached hydrogens (tertiary/aromatic N) is 2. The maximum absolute atomic E-state index is 13.4. The lowest BCUT2D eigenvalue weighted by atomic mass is 9.85. The topological polar surface area (TPSA) is 74.8 Å². The van der Waals surface area contributed by atoms with Crippen LogP contribution in [0.1, 0.15) is 26.5 Å². The minimum absolute atomic E-state index is 0.0134. The van der Waals surface area contributed by atoms with Crippen molar-refractivity contribution < 1.29 is 19.2 Å². The minimum Gasteiger partial charge on any atom is -0.291 e. The van der Waals surface area contributed by atoms with Gasteiger partial charge in [0.25, 0.3) is 17.7 Å². The minimum atomic E-state index is -0.700. The monoisotopic (exact) mass is 474 g/mol. The molecule has 2 aromatic rings. The second-order valence-corrected chi connectivity index (χ2v) is 9.67. The number of benzene rings is 1. The zero-order chi connectivity index (χ0) is 21.9. The summed E-state index contributed by atoms with van der Waals surface area (Å²) in [4.78, 5) is 53.3. The second-order valence-electron chi connectivity index (χ2n) is 7.88. The molecule has 1 aromatic heterocycles. The SMILES string of the molecule is O=C(CN(C(=O)c1ccc(Cl)cc1Cl)N1C(=O)[C@@H]2[C@H](C1=O)[C@H]1C=C[C@H]2C1)c1cccs1. The summed E-state index contributed by atoms with van der Waals surface area (Å²) in [7, 11) is 0. The molecule has 1 saturated heterocycles. The first-order valence-electron chi connectivity index (χ1n) is 9.76. The number of imide groups is 1. The fraction of sp³-hybridized carbons (Fsp3) is 0.273. The molecule has 0 unspecified atom stereocenters. The third-order valence-corrected chi connectivity index (χ3v) is 7.63. The van der Waals surface area contributed by atoms with Gasteiger partial charge in [-0.2, -0.15) is 5.01 Å². The Bertz CT molecular complexity index is 1120. The van der Waals surface area contributed by atoms with E-state index in [9.17, 15) is 19.2 Å². The van der Waals surface area contributed by atoms with Gasteiger partial charge >= 0.3 is 0 Å². The van der Waals surface area contributed by atoms with Gasteiger partial charge in [-0.25, -0.2) is 5.01 Å². The first kappa shape index (κ1) is 20.4. The summed E-state index contributed by atoms with van der Waals surface area (Å²) in [6, 6.07) is 7.68. The van der Waals surface area contributed by atoms with Crippen molar-refractivity contribution in [3.05, 3.63) is 68.3 Å². The number of fused-ring (bicyclic) bond motifs is 5. The molecule has 2 aliphatic carbocycles. The van der Waals surface area contributed by atoms with Gasteiger partial charge in [-0.1, -0.05) is 41.4 Å². The van der Waals surface area contributed by atoms with E-state index in [4.69, 9.17) is 23.2 Å². The van der Waals surface area contributed by atoms with Crippen molar-refractivity contribution in [1.29, 1.82) is 0 Å².